The SMILES string of the molecule is CCCCCC1C=Cc2cccc3cccc1c23.N.N. The zero-order valence-electron chi connectivity index (χ0n) is 12.4. The molecule has 2 nitrogen and oxygen atoms in total. The molecule has 2 heteroatoms. The van der Waals surface area contributed by atoms with E-state index in [9.17, 15) is 0 Å². The van der Waals surface area contributed by atoms with E-state index in [1.165, 1.54) is 47.6 Å². The minimum Gasteiger partial charge on any atom is -0.344 e. The minimum absolute atomic E-state index is 0. The third kappa shape index (κ3) is 2.92. The maximum atomic E-state index is 2.40. The Kier molecular flexibility index (Phi) is 5.93. The van der Waals surface area contributed by atoms with Gasteiger partial charge in [0.2, 0.25) is 0 Å². The molecule has 0 amide bonds. The molecule has 1 aliphatic carbocycles. The number of unbranched alkanes of at least 4 members (excludes halogenated alkanes) is 2. The molecule has 2 aromatic rings. The molecule has 0 radical (unpaired) electrons. The predicted molar refractivity (Wildman–Crippen MR) is 89.9 cm³/mol. The van der Waals surface area contributed by atoms with E-state index in [4.69, 9.17) is 0 Å². The molecule has 0 aliphatic heterocycles. The molecule has 0 aromatic heterocycles. The van der Waals surface area contributed by atoms with Crippen LogP contribution in [-0.2, 0) is 0 Å². The zero-order valence-corrected chi connectivity index (χ0v) is 12.4. The largest absolute Gasteiger partial charge is 0.344 e. The van der Waals surface area contributed by atoms with E-state index in [0.29, 0.717) is 5.92 Å². The highest BCUT2D eigenvalue weighted by atomic mass is 14.2. The topological polar surface area (TPSA) is 70.0 Å². The van der Waals surface area contributed by atoms with Crippen molar-refractivity contribution in [2.45, 2.75) is 38.5 Å². The zero-order chi connectivity index (χ0) is 12.4. The highest BCUT2D eigenvalue weighted by molar-refractivity contribution is 5.95. The van der Waals surface area contributed by atoms with Crippen LogP contribution < -0.4 is 12.3 Å². The second-order valence-corrected chi connectivity index (χ2v) is 5.25. The molecule has 6 N–H and O–H groups in total. The Balaban J connectivity index is 0.000001000. The Bertz CT molecular complexity index is 582. The second kappa shape index (κ2) is 7.22. The first-order valence-electron chi connectivity index (χ1n) is 7.10. The molecular formula is C18H26N2. The molecular weight excluding hydrogens is 244 g/mol. The average molecular weight is 270 g/mol. The molecule has 1 unspecified atom stereocenters. The van der Waals surface area contributed by atoms with Crippen LogP contribution in [0.1, 0.15) is 49.7 Å². The van der Waals surface area contributed by atoms with Crippen molar-refractivity contribution in [3.05, 3.63) is 53.6 Å². The van der Waals surface area contributed by atoms with Crippen LogP contribution in [0.25, 0.3) is 16.8 Å². The minimum atomic E-state index is 0. The number of benzene rings is 2. The van der Waals surface area contributed by atoms with Crippen LogP contribution in [0.5, 0.6) is 0 Å². The van der Waals surface area contributed by atoms with Gasteiger partial charge in [0.05, 0.1) is 0 Å². The maximum absolute atomic E-state index is 2.40. The van der Waals surface area contributed by atoms with Gasteiger partial charge in [-0.3, -0.25) is 0 Å². The molecule has 1 atom stereocenters. The van der Waals surface area contributed by atoms with Crippen molar-refractivity contribution in [3.63, 3.8) is 0 Å². The summed E-state index contributed by atoms with van der Waals surface area (Å²) in [5.74, 6) is 0.621. The fourth-order valence-electron chi connectivity index (χ4n) is 3.04. The van der Waals surface area contributed by atoms with Crippen molar-refractivity contribution in [2.24, 2.45) is 0 Å². The number of rotatable bonds is 4. The highest BCUT2D eigenvalue weighted by Gasteiger charge is 2.16. The van der Waals surface area contributed by atoms with Crippen molar-refractivity contribution in [2.75, 3.05) is 0 Å². The Hall–Kier alpha value is -1.64. The summed E-state index contributed by atoms with van der Waals surface area (Å²) in [5.41, 5.74) is 2.91. The molecule has 2 aromatic carbocycles. The van der Waals surface area contributed by atoms with E-state index in [-0.39, 0.29) is 12.3 Å². The third-order valence-corrected chi connectivity index (χ3v) is 4.00. The summed E-state index contributed by atoms with van der Waals surface area (Å²) < 4.78 is 0. The molecule has 0 fully saturated rings. The van der Waals surface area contributed by atoms with Gasteiger partial charge in [-0.2, -0.15) is 0 Å². The van der Waals surface area contributed by atoms with Gasteiger partial charge in [0, 0.05) is 5.92 Å². The Morgan fingerprint density at radius 1 is 0.950 bits per heavy atom. The van der Waals surface area contributed by atoms with Gasteiger partial charge in [-0.1, -0.05) is 74.7 Å². The Morgan fingerprint density at radius 2 is 1.70 bits per heavy atom. The van der Waals surface area contributed by atoms with Crippen LogP contribution >= 0.6 is 0 Å². The standard InChI is InChI=1S/C18H20.2H3N/c1-2-3-4-7-14-12-13-16-9-5-8-15-10-6-11-17(14)18(15)16;;/h5-6,8-14H,2-4,7H2,1H3;2*1H3. The van der Waals surface area contributed by atoms with E-state index in [1.807, 2.05) is 0 Å². The first kappa shape index (κ1) is 16.4. The van der Waals surface area contributed by atoms with Crippen LogP contribution in [0, 0.1) is 0 Å². The maximum Gasteiger partial charge on any atom is 0.00276 e. The molecule has 108 valence electrons. The summed E-state index contributed by atoms with van der Waals surface area (Å²) in [6, 6.07) is 13.3. The lowest BCUT2D eigenvalue weighted by atomic mass is 9.83. The van der Waals surface area contributed by atoms with Crippen LogP contribution in [-0.4, -0.2) is 0 Å². The molecule has 20 heavy (non-hydrogen) atoms. The van der Waals surface area contributed by atoms with E-state index in [2.05, 4.69) is 55.5 Å². The highest BCUT2D eigenvalue weighted by Crippen LogP contribution is 2.36. The van der Waals surface area contributed by atoms with Crippen molar-refractivity contribution < 1.29 is 0 Å². The molecule has 0 bridgehead atoms. The molecule has 0 spiro atoms. The van der Waals surface area contributed by atoms with Gasteiger partial charge in [-0.05, 0) is 28.3 Å². The van der Waals surface area contributed by atoms with Crippen LogP contribution in [0.4, 0.5) is 0 Å². The lowest BCUT2D eigenvalue weighted by Crippen LogP contribution is -2.01. The molecule has 0 heterocycles. The third-order valence-electron chi connectivity index (χ3n) is 4.00. The summed E-state index contributed by atoms with van der Waals surface area (Å²) in [4.78, 5) is 0. The predicted octanol–water partition coefficient (Wildman–Crippen LogP) is 5.85. The Labute approximate surface area is 122 Å². The van der Waals surface area contributed by atoms with Gasteiger partial charge in [0.1, 0.15) is 0 Å². The first-order chi connectivity index (χ1) is 8.90. The summed E-state index contributed by atoms with van der Waals surface area (Å²) >= 11 is 0. The van der Waals surface area contributed by atoms with Crippen molar-refractivity contribution in [3.8, 4) is 0 Å². The van der Waals surface area contributed by atoms with Gasteiger partial charge in [0.25, 0.3) is 0 Å². The lowest BCUT2D eigenvalue weighted by molar-refractivity contribution is 0.631. The molecule has 0 saturated carbocycles. The summed E-state index contributed by atoms with van der Waals surface area (Å²) in [7, 11) is 0. The van der Waals surface area contributed by atoms with E-state index >= 15 is 0 Å². The lowest BCUT2D eigenvalue weighted by Gasteiger charge is -2.21. The van der Waals surface area contributed by atoms with Crippen LogP contribution in [0.2, 0.25) is 0 Å². The number of hydrogen-bond acceptors (Lipinski definition) is 2. The molecule has 1 aliphatic rings. The summed E-state index contributed by atoms with van der Waals surface area (Å²) in [6.45, 7) is 2.27. The van der Waals surface area contributed by atoms with Gasteiger partial charge >= 0.3 is 0 Å². The van der Waals surface area contributed by atoms with Crippen molar-refractivity contribution in [1.82, 2.24) is 12.3 Å². The summed E-state index contributed by atoms with van der Waals surface area (Å²) in [5, 5.41) is 2.86. The smallest absolute Gasteiger partial charge is 0.00276 e. The van der Waals surface area contributed by atoms with Crippen molar-refractivity contribution >= 4 is 16.8 Å². The van der Waals surface area contributed by atoms with Crippen LogP contribution in [0.15, 0.2) is 42.5 Å². The quantitative estimate of drug-likeness (QED) is 0.683. The van der Waals surface area contributed by atoms with Gasteiger partial charge < -0.3 is 12.3 Å². The second-order valence-electron chi connectivity index (χ2n) is 5.25. The average Bonchev–Trinajstić information content (AvgIpc) is 2.42. The van der Waals surface area contributed by atoms with Gasteiger partial charge in [-0.15, -0.1) is 0 Å². The van der Waals surface area contributed by atoms with Crippen LogP contribution in [0.3, 0.4) is 0 Å². The first-order valence-corrected chi connectivity index (χ1v) is 7.10. The Morgan fingerprint density at radius 3 is 2.45 bits per heavy atom. The van der Waals surface area contributed by atoms with Gasteiger partial charge in [-0.25, -0.2) is 0 Å². The molecule has 3 rings (SSSR count). The number of hydrogen-bond donors (Lipinski definition) is 2. The van der Waals surface area contributed by atoms with Gasteiger partial charge in [0.15, 0.2) is 0 Å². The fourth-order valence-corrected chi connectivity index (χ4v) is 3.04. The normalized spacial score (nSPS) is 15.6. The number of allylic oxidation sites excluding steroid dienone is 1. The summed E-state index contributed by atoms with van der Waals surface area (Å²) in [6.07, 6.45) is 9.99. The molecule has 0 saturated heterocycles. The van der Waals surface area contributed by atoms with E-state index in [0.717, 1.165) is 0 Å². The van der Waals surface area contributed by atoms with E-state index < -0.39 is 0 Å². The fraction of sp³-hybridized carbons (Fsp3) is 0.333. The van der Waals surface area contributed by atoms with Crippen molar-refractivity contribution in [1.29, 1.82) is 0 Å². The monoisotopic (exact) mass is 270 g/mol. The van der Waals surface area contributed by atoms with E-state index in [1.54, 1.807) is 0 Å².